The summed E-state index contributed by atoms with van der Waals surface area (Å²) in [5.41, 5.74) is 1.62. The molecular weight excluding hydrogens is 292 g/mol. The standard InChI is InChI=1S/C18H24N2O3/c1-13(21)19-16-8-4-3-6-14(16)10-20-11-15-7-5-9-18(15,12-20)17(22)23-2/h3-4,6,8,15H,5,7,9-12H2,1-2H3,(H,19,21)/t15-,18+/m0/s1. The molecule has 2 aliphatic rings. The summed E-state index contributed by atoms with van der Waals surface area (Å²) >= 11 is 0. The van der Waals surface area contributed by atoms with E-state index in [4.69, 9.17) is 4.74 Å². The predicted octanol–water partition coefficient (Wildman–Crippen LogP) is 2.42. The van der Waals surface area contributed by atoms with E-state index in [0.717, 1.165) is 50.1 Å². The van der Waals surface area contributed by atoms with Gasteiger partial charge in [-0.25, -0.2) is 0 Å². The van der Waals surface area contributed by atoms with E-state index in [9.17, 15) is 9.59 Å². The average molecular weight is 316 g/mol. The lowest BCUT2D eigenvalue weighted by Gasteiger charge is -2.25. The zero-order valence-corrected chi connectivity index (χ0v) is 13.8. The molecule has 1 heterocycles. The van der Waals surface area contributed by atoms with Crippen LogP contribution in [0, 0.1) is 11.3 Å². The summed E-state index contributed by atoms with van der Waals surface area (Å²) in [4.78, 5) is 26.0. The Balaban J connectivity index is 1.76. The number of likely N-dealkylation sites (tertiary alicyclic amines) is 1. The molecule has 1 aromatic rings. The molecule has 0 spiro atoms. The van der Waals surface area contributed by atoms with Crippen LogP contribution in [-0.4, -0.2) is 37.0 Å². The molecule has 124 valence electrons. The van der Waals surface area contributed by atoms with Gasteiger partial charge in [0.1, 0.15) is 0 Å². The van der Waals surface area contributed by atoms with E-state index in [0.29, 0.717) is 5.92 Å². The molecule has 2 fully saturated rings. The minimum Gasteiger partial charge on any atom is -0.469 e. The van der Waals surface area contributed by atoms with E-state index in [1.165, 1.54) is 14.0 Å². The van der Waals surface area contributed by atoms with Crippen LogP contribution in [0.3, 0.4) is 0 Å². The number of ether oxygens (including phenoxy) is 1. The number of nitrogens with zero attached hydrogens (tertiary/aromatic N) is 1. The predicted molar refractivity (Wildman–Crippen MR) is 87.8 cm³/mol. The number of nitrogens with one attached hydrogen (secondary N) is 1. The summed E-state index contributed by atoms with van der Waals surface area (Å²) in [6.07, 6.45) is 3.13. The number of fused-ring (bicyclic) bond motifs is 1. The summed E-state index contributed by atoms with van der Waals surface area (Å²) in [5.74, 6) is 0.266. The fraction of sp³-hybridized carbons (Fsp3) is 0.556. The van der Waals surface area contributed by atoms with Crippen LogP contribution in [-0.2, 0) is 20.9 Å². The molecule has 2 atom stereocenters. The van der Waals surface area contributed by atoms with Crippen LogP contribution in [0.15, 0.2) is 24.3 Å². The molecule has 5 heteroatoms. The molecule has 1 saturated carbocycles. The van der Waals surface area contributed by atoms with E-state index in [2.05, 4.69) is 10.2 Å². The van der Waals surface area contributed by atoms with Crippen molar-refractivity contribution in [2.75, 3.05) is 25.5 Å². The van der Waals surface area contributed by atoms with Gasteiger partial charge in [-0.1, -0.05) is 24.6 Å². The fourth-order valence-corrected chi connectivity index (χ4v) is 4.26. The summed E-state index contributed by atoms with van der Waals surface area (Å²) in [7, 11) is 1.49. The fourth-order valence-electron chi connectivity index (χ4n) is 4.26. The van der Waals surface area contributed by atoms with Gasteiger partial charge in [0, 0.05) is 32.2 Å². The number of methoxy groups -OCH3 is 1. The number of amides is 1. The van der Waals surface area contributed by atoms with Crippen molar-refractivity contribution in [1.82, 2.24) is 4.90 Å². The number of para-hydroxylation sites is 1. The summed E-state index contributed by atoms with van der Waals surface area (Å²) < 4.78 is 5.09. The molecule has 0 radical (unpaired) electrons. The second-order valence-corrected chi connectivity index (χ2v) is 6.74. The number of hydrogen-bond acceptors (Lipinski definition) is 4. The summed E-state index contributed by atoms with van der Waals surface area (Å²) in [6.45, 7) is 3.93. The number of anilines is 1. The Bertz CT molecular complexity index is 616. The number of carbonyl (C=O) groups excluding carboxylic acids is 2. The molecule has 23 heavy (non-hydrogen) atoms. The number of esters is 1. The first-order valence-corrected chi connectivity index (χ1v) is 8.21. The van der Waals surface area contributed by atoms with Crippen LogP contribution in [0.1, 0.15) is 31.7 Å². The third kappa shape index (κ3) is 2.98. The zero-order chi connectivity index (χ0) is 16.4. The van der Waals surface area contributed by atoms with Crippen molar-refractivity contribution in [3.8, 4) is 0 Å². The molecule has 1 amide bonds. The largest absolute Gasteiger partial charge is 0.469 e. The van der Waals surface area contributed by atoms with Crippen LogP contribution in [0.4, 0.5) is 5.69 Å². The Morgan fingerprint density at radius 3 is 2.91 bits per heavy atom. The minimum absolute atomic E-state index is 0.0577. The van der Waals surface area contributed by atoms with Crippen LogP contribution in [0.2, 0.25) is 0 Å². The number of rotatable bonds is 4. The molecule has 0 bridgehead atoms. The maximum absolute atomic E-state index is 12.3. The highest BCUT2D eigenvalue weighted by molar-refractivity contribution is 5.89. The van der Waals surface area contributed by atoms with Gasteiger partial charge in [0.2, 0.25) is 5.91 Å². The van der Waals surface area contributed by atoms with Crippen molar-refractivity contribution >= 4 is 17.6 Å². The third-order valence-corrected chi connectivity index (χ3v) is 5.26. The molecular formula is C18H24N2O3. The van der Waals surface area contributed by atoms with E-state index in [1.54, 1.807) is 0 Å². The highest BCUT2D eigenvalue weighted by atomic mass is 16.5. The molecule has 0 unspecified atom stereocenters. The maximum atomic E-state index is 12.3. The van der Waals surface area contributed by atoms with Crippen molar-refractivity contribution in [2.24, 2.45) is 11.3 Å². The maximum Gasteiger partial charge on any atom is 0.313 e. The first-order valence-electron chi connectivity index (χ1n) is 8.21. The molecule has 5 nitrogen and oxygen atoms in total. The van der Waals surface area contributed by atoms with Crippen LogP contribution < -0.4 is 5.32 Å². The normalized spacial score (nSPS) is 26.8. The summed E-state index contributed by atoms with van der Waals surface area (Å²) in [5, 5.41) is 2.88. The molecule has 3 rings (SSSR count). The second kappa shape index (κ2) is 6.32. The van der Waals surface area contributed by atoms with E-state index in [-0.39, 0.29) is 17.3 Å². The van der Waals surface area contributed by atoms with Crippen LogP contribution in [0.5, 0.6) is 0 Å². The van der Waals surface area contributed by atoms with Gasteiger partial charge in [0.05, 0.1) is 12.5 Å². The topological polar surface area (TPSA) is 58.6 Å². The molecule has 1 aliphatic heterocycles. The van der Waals surface area contributed by atoms with Crippen molar-refractivity contribution in [2.45, 2.75) is 32.7 Å². The third-order valence-electron chi connectivity index (χ3n) is 5.26. The zero-order valence-electron chi connectivity index (χ0n) is 13.8. The van der Waals surface area contributed by atoms with Crippen LogP contribution >= 0.6 is 0 Å². The van der Waals surface area contributed by atoms with Gasteiger partial charge >= 0.3 is 5.97 Å². The van der Waals surface area contributed by atoms with Gasteiger partial charge in [0.25, 0.3) is 0 Å². The number of carbonyl (C=O) groups is 2. The molecule has 0 aromatic heterocycles. The SMILES string of the molecule is COC(=O)[C@@]12CCC[C@H]1CN(Cc1ccccc1NC(C)=O)C2. The molecule has 1 saturated heterocycles. The Morgan fingerprint density at radius 2 is 2.17 bits per heavy atom. The van der Waals surface area contributed by atoms with Crippen molar-refractivity contribution in [3.63, 3.8) is 0 Å². The van der Waals surface area contributed by atoms with Gasteiger partial charge in [0.15, 0.2) is 0 Å². The van der Waals surface area contributed by atoms with Gasteiger partial charge in [-0.15, -0.1) is 0 Å². The van der Waals surface area contributed by atoms with Crippen molar-refractivity contribution in [3.05, 3.63) is 29.8 Å². The highest BCUT2D eigenvalue weighted by Gasteiger charge is 2.55. The second-order valence-electron chi connectivity index (χ2n) is 6.74. The van der Waals surface area contributed by atoms with Gasteiger partial charge in [-0.2, -0.15) is 0 Å². The van der Waals surface area contributed by atoms with E-state index < -0.39 is 0 Å². The van der Waals surface area contributed by atoms with Crippen LogP contribution in [0.25, 0.3) is 0 Å². The monoisotopic (exact) mass is 316 g/mol. The smallest absolute Gasteiger partial charge is 0.313 e. The first-order chi connectivity index (χ1) is 11.0. The number of benzene rings is 1. The van der Waals surface area contributed by atoms with E-state index in [1.807, 2.05) is 24.3 Å². The van der Waals surface area contributed by atoms with Gasteiger partial charge in [-0.3, -0.25) is 14.5 Å². The highest BCUT2D eigenvalue weighted by Crippen LogP contribution is 2.49. The minimum atomic E-state index is -0.322. The Labute approximate surface area is 137 Å². The van der Waals surface area contributed by atoms with Gasteiger partial charge in [-0.05, 0) is 30.4 Å². The van der Waals surface area contributed by atoms with Gasteiger partial charge < -0.3 is 10.1 Å². The molecule has 1 aromatic carbocycles. The van der Waals surface area contributed by atoms with E-state index >= 15 is 0 Å². The lowest BCUT2D eigenvalue weighted by Crippen LogP contribution is -2.36. The Kier molecular flexibility index (Phi) is 4.39. The lowest BCUT2D eigenvalue weighted by molar-refractivity contribution is -0.153. The van der Waals surface area contributed by atoms with Crippen molar-refractivity contribution in [1.29, 1.82) is 0 Å². The van der Waals surface area contributed by atoms with Crippen molar-refractivity contribution < 1.29 is 14.3 Å². The Hall–Kier alpha value is -1.88. The Morgan fingerprint density at radius 1 is 1.39 bits per heavy atom. The number of hydrogen-bond donors (Lipinski definition) is 1. The molecule has 1 N–H and O–H groups in total. The first kappa shape index (κ1) is 16.0. The quantitative estimate of drug-likeness (QED) is 0.867. The average Bonchev–Trinajstić information content (AvgIpc) is 3.05. The lowest BCUT2D eigenvalue weighted by atomic mass is 9.81. The molecule has 1 aliphatic carbocycles. The summed E-state index contributed by atoms with van der Waals surface area (Å²) in [6, 6.07) is 7.85.